The number of halogens is 1. The van der Waals surface area contributed by atoms with Gasteiger partial charge >= 0.3 is 0 Å². The number of pyridine rings is 1. The molecule has 34 heavy (non-hydrogen) atoms. The molecule has 4 aromatic rings. The van der Waals surface area contributed by atoms with E-state index in [9.17, 15) is 8.42 Å². The molecule has 2 aromatic heterocycles. The van der Waals surface area contributed by atoms with Gasteiger partial charge in [0, 0.05) is 42.5 Å². The molecule has 0 bridgehead atoms. The second kappa shape index (κ2) is 9.46. The van der Waals surface area contributed by atoms with Crippen LogP contribution in [0, 0.1) is 0 Å². The fourth-order valence-electron chi connectivity index (χ4n) is 4.15. The number of hydrogen-bond acceptors (Lipinski definition) is 6. The first-order valence-corrected chi connectivity index (χ1v) is 13.1. The van der Waals surface area contributed by atoms with Gasteiger partial charge in [-0.25, -0.2) is 18.4 Å². The first-order chi connectivity index (χ1) is 16.5. The normalized spacial score (nSPS) is 15.6. The number of imidazole rings is 1. The minimum atomic E-state index is -3.51. The van der Waals surface area contributed by atoms with E-state index >= 15 is 0 Å². The molecule has 10 heteroatoms. The van der Waals surface area contributed by atoms with Gasteiger partial charge in [-0.15, -0.1) is 0 Å². The molecular weight excluding hydrogens is 518 g/mol. The van der Waals surface area contributed by atoms with Gasteiger partial charge in [-0.05, 0) is 60.7 Å². The minimum absolute atomic E-state index is 0.316. The van der Waals surface area contributed by atoms with E-state index in [4.69, 9.17) is 9.72 Å². The number of aromatic nitrogens is 3. The SMILES string of the molecule is COc1ccc(-n2c(CN3CCN(S(=O)(=O)c4ccc(Br)cc4)CC3)nc3cccnc32)cc1. The summed E-state index contributed by atoms with van der Waals surface area (Å²) in [6, 6.07) is 18.4. The summed E-state index contributed by atoms with van der Waals surface area (Å²) in [5, 5.41) is 0. The fourth-order valence-corrected chi connectivity index (χ4v) is 5.84. The zero-order valence-electron chi connectivity index (χ0n) is 18.6. The summed E-state index contributed by atoms with van der Waals surface area (Å²) in [6.45, 7) is 2.69. The van der Waals surface area contributed by atoms with E-state index in [0.29, 0.717) is 37.6 Å². The molecular formula is C24H24BrN5O3S. The Bertz CT molecular complexity index is 1400. The Morgan fingerprint density at radius 3 is 2.35 bits per heavy atom. The van der Waals surface area contributed by atoms with Crippen molar-refractivity contribution in [1.82, 2.24) is 23.7 Å². The van der Waals surface area contributed by atoms with Crippen LogP contribution in [0.15, 0.2) is 76.2 Å². The Hall–Kier alpha value is -2.79. The van der Waals surface area contributed by atoms with Crippen LogP contribution in [0.2, 0.25) is 0 Å². The highest BCUT2D eigenvalue weighted by Crippen LogP contribution is 2.24. The number of benzene rings is 2. The first-order valence-electron chi connectivity index (χ1n) is 10.9. The number of sulfonamides is 1. The number of ether oxygens (including phenoxy) is 1. The van der Waals surface area contributed by atoms with Crippen molar-refractivity contribution in [1.29, 1.82) is 0 Å². The van der Waals surface area contributed by atoms with Crippen LogP contribution in [-0.4, -0.2) is 65.4 Å². The molecule has 176 valence electrons. The molecule has 8 nitrogen and oxygen atoms in total. The molecule has 3 heterocycles. The van der Waals surface area contributed by atoms with Crippen molar-refractivity contribution in [2.24, 2.45) is 0 Å². The lowest BCUT2D eigenvalue weighted by molar-refractivity contribution is 0.177. The molecule has 1 aliphatic heterocycles. The molecule has 0 N–H and O–H groups in total. The average molecular weight is 542 g/mol. The fraction of sp³-hybridized carbons (Fsp3) is 0.250. The molecule has 0 amide bonds. The molecule has 1 fully saturated rings. The second-order valence-corrected chi connectivity index (χ2v) is 10.9. The highest BCUT2D eigenvalue weighted by Gasteiger charge is 2.29. The van der Waals surface area contributed by atoms with Crippen molar-refractivity contribution < 1.29 is 13.2 Å². The van der Waals surface area contributed by atoms with E-state index in [1.54, 1.807) is 41.9 Å². The number of fused-ring (bicyclic) bond motifs is 1. The maximum atomic E-state index is 13.0. The van der Waals surface area contributed by atoms with E-state index in [1.807, 2.05) is 36.4 Å². The molecule has 0 saturated carbocycles. The second-order valence-electron chi connectivity index (χ2n) is 8.04. The summed E-state index contributed by atoms with van der Waals surface area (Å²) in [5.74, 6) is 1.65. The molecule has 0 spiro atoms. The maximum Gasteiger partial charge on any atom is 0.243 e. The highest BCUT2D eigenvalue weighted by molar-refractivity contribution is 9.10. The number of hydrogen-bond donors (Lipinski definition) is 0. The number of rotatable bonds is 6. The van der Waals surface area contributed by atoms with Crippen molar-refractivity contribution in [3.05, 3.63) is 77.2 Å². The van der Waals surface area contributed by atoms with Crippen LogP contribution in [0.4, 0.5) is 0 Å². The Morgan fingerprint density at radius 1 is 0.971 bits per heavy atom. The van der Waals surface area contributed by atoms with Crippen molar-refractivity contribution >= 4 is 37.1 Å². The first kappa shape index (κ1) is 23.0. The lowest BCUT2D eigenvalue weighted by Gasteiger charge is -2.33. The summed E-state index contributed by atoms with van der Waals surface area (Å²) >= 11 is 3.36. The van der Waals surface area contributed by atoms with Crippen LogP contribution in [0.1, 0.15) is 5.82 Å². The predicted molar refractivity (Wildman–Crippen MR) is 134 cm³/mol. The third-order valence-corrected chi connectivity index (χ3v) is 8.41. The Labute approximate surface area is 207 Å². The predicted octanol–water partition coefficient (Wildman–Crippen LogP) is 3.70. The molecule has 5 rings (SSSR count). The monoisotopic (exact) mass is 541 g/mol. The zero-order chi connectivity index (χ0) is 23.7. The summed E-state index contributed by atoms with van der Waals surface area (Å²) in [5.41, 5.74) is 2.57. The molecule has 0 unspecified atom stereocenters. The maximum absolute atomic E-state index is 13.0. The smallest absolute Gasteiger partial charge is 0.243 e. The average Bonchev–Trinajstić information content (AvgIpc) is 3.22. The molecule has 0 radical (unpaired) electrons. The number of methoxy groups -OCH3 is 1. The molecule has 0 aliphatic carbocycles. The molecule has 1 aliphatic rings. The Kier molecular flexibility index (Phi) is 6.39. The Morgan fingerprint density at radius 2 is 1.68 bits per heavy atom. The highest BCUT2D eigenvalue weighted by atomic mass is 79.9. The summed E-state index contributed by atoms with van der Waals surface area (Å²) < 4.78 is 35.8. The van der Waals surface area contributed by atoms with Crippen LogP contribution in [0.5, 0.6) is 5.75 Å². The third kappa shape index (κ3) is 4.46. The van der Waals surface area contributed by atoms with E-state index in [2.05, 4.69) is 30.4 Å². The van der Waals surface area contributed by atoms with Crippen LogP contribution in [0.25, 0.3) is 16.9 Å². The lowest BCUT2D eigenvalue weighted by atomic mass is 10.3. The third-order valence-electron chi connectivity index (χ3n) is 5.96. The van der Waals surface area contributed by atoms with Gasteiger partial charge in [-0.1, -0.05) is 15.9 Å². The summed E-state index contributed by atoms with van der Waals surface area (Å²) in [4.78, 5) is 11.9. The van der Waals surface area contributed by atoms with Gasteiger partial charge in [0.25, 0.3) is 0 Å². The summed E-state index contributed by atoms with van der Waals surface area (Å²) in [7, 11) is -1.87. The number of piperazine rings is 1. The van der Waals surface area contributed by atoms with Crippen molar-refractivity contribution in [3.63, 3.8) is 0 Å². The number of nitrogens with zero attached hydrogens (tertiary/aromatic N) is 5. The van der Waals surface area contributed by atoms with E-state index < -0.39 is 10.0 Å². The van der Waals surface area contributed by atoms with Gasteiger partial charge in [-0.2, -0.15) is 4.31 Å². The van der Waals surface area contributed by atoms with Crippen molar-refractivity contribution in [2.45, 2.75) is 11.4 Å². The van der Waals surface area contributed by atoms with Gasteiger partial charge in [0.15, 0.2) is 5.65 Å². The topological polar surface area (TPSA) is 80.6 Å². The van der Waals surface area contributed by atoms with E-state index in [-0.39, 0.29) is 0 Å². The molecule has 1 saturated heterocycles. The van der Waals surface area contributed by atoms with Crippen LogP contribution < -0.4 is 4.74 Å². The largest absolute Gasteiger partial charge is 0.497 e. The zero-order valence-corrected chi connectivity index (χ0v) is 21.0. The quantitative estimate of drug-likeness (QED) is 0.370. The van der Waals surface area contributed by atoms with Crippen LogP contribution in [0.3, 0.4) is 0 Å². The van der Waals surface area contributed by atoms with Gasteiger partial charge < -0.3 is 4.74 Å². The van der Waals surface area contributed by atoms with Gasteiger partial charge in [0.1, 0.15) is 17.1 Å². The van der Waals surface area contributed by atoms with Crippen molar-refractivity contribution in [3.8, 4) is 11.4 Å². The van der Waals surface area contributed by atoms with Gasteiger partial charge in [0.05, 0.1) is 18.6 Å². The molecule has 2 aromatic carbocycles. The lowest BCUT2D eigenvalue weighted by Crippen LogP contribution is -2.48. The van der Waals surface area contributed by atoms with E-state index in [0.717, 1.165) is 32.9 Å². The van der Waals surface area contributed by atoms with Crippen LogP contribution in [-0.2, 0) is 16.6 Å². The standard InChI is InChI=1S/C24H24BrN5O3S/c1-33-20-8-6-19(7-9-20)30-23(27-22-3-2-12-26-24(22)30)17-28-13-15-29(16-14-28)34(31,32)21-10-4-18(25)5-11-21/h2-12H,13-17H2,1H3. The van der Waals surface area contributed by atoms with Gasteiger partial charge in [-0.3, -0.25) is 9.47 Å². The minimum Gasteiger partial charge on any atom is -0.497 e. The van der Waals surface area contributed by atoms with Crippen LogP contribution >= 0.6 is 15.9 Å². The van der Waals surface area contributed by atoms with Gasteiger partial charge in [0.2, 0.25) is 10.0 Å². The molecule has 0 atom stereocenters. The summed E-state index contributed by atoms with van der Waals surface area (Å²) in [6.07, 6.45) is 1.76. The van der Waals surface area contributed by atoms with E-state index in [1.165, 1.54) is 0 Å². The Balaban J connectivity index is 1.36. The van der Waals surface area contributed by atoms with Crippen molar-refractivity contribution in [2.75, 3.05) is 33.3 Å².